The van der Waals surface area contributed by atoms with Crippen LogP contribution in [0.4, 0.5) is 0 Å². The summed E-state index contributed by atoms with van der Waals surface area (Å²) in [5.41, 5.74) is 8.11. The van der Waals surface area contributed by atoms with Gasteiger partial charge < -0.3 is 15.9 Å². The molecule has 0 aromatic carbocycles. The molecule has 0 aromatic rings. The molecule has 0 unspecified atom stereocenters. The fraction of sp³-hybridized carbons (Fsp3) is 0.800. The number of hydrogen-bond acceptors (Lipinski definition) is 5. The van der Waals surface area contributed by atoms with Crippen LogP contribution in [0.3, 0.4) is 0 Å². The first-order valence-corrected chi connectivity index (χ1v) is 5.74. The number of nitrogens with two attached hydrogens (primary N) is 1. The van der Waals surface area contributed by atoms with Crippen LogP contribution in [0, 0.1) is 0 Å². The molecule has 2 atom stereocenters. The molecular weight excluding hydrogens is 226 g/mol. The van der Waals surface area contributed by atoms with E-state index in [1.54, 1.807) is 0 Å². The van der Waals surface area contributed by atoms with Gasteiger partial charge >= 0.3 is 11.9 Å². The zero-order valence-electron chi connectivity index (χ0n) is 9.63. The zero-order chi connectivity index (χ0) is 12.8. The number of aliphatic carboxylic acids is 2. The Morgan fingerprint density at radius 3 is 2.71 bits per heavy atom. The van der Waals surface area contributed by atoms with Crippen molar-refractivity contribution in [3.63, 3.8) is 0 Å². The van der Waals surface area contributed by atoms with Crippen LogP contribution in [0.5, 0.6) is 0 Å². The third kappa shape index (κ3) is 3.95. The molecule has 0 aliphatic carbocycles. The van der Waals surface area contributed by atoms with Crippen LogP contribution in [0.1, 0.15) is 25.7 Å². The third-order valence-corrected chi connectivity index (χ3v) is 2.85. The molecule has 0 saturated carbocycles. The second-order valence-electron chi connectivity index (χ2n) is 4.14. The fourth-order valence-corrected chi connectivity index (χ4v) is 1.94. The topological polar surface area (TPSA) is 116 Å². The highest BCUT2D eigenvalue weighted by atomic mass is 16.4. The van der Waals surface area contributed by atoms with Crippen molar-refractivity contribution in [2.24, 2.45) is 5.73 Å². The molecule has 0 radical (unpaired) electrons. The molecule has 5 N–H and O–H groups in total. The Hall–Kier alpha value is -1.18. The number of rotatable bonds is 7. The monoisotopic (exact) mass is 245 g/mol. The maximum absolute atomic E-state index is 11.0. The Kier molecular flexibility index (Phi) is 5.33. The predicted octanol–water partition coefficient (Wildman–Crippen LogP) is -0.768. The predicted molar refractivity (Wildman–Crippen MR) is 60.2 cm³/mol. The molecule has 1 fully saturated rings. The van der Waals surface area contributed by atoms with Crippen LogP contribution in [0.15, 0.2) is 0 Å². The fourth-order valence-electron chi connectivity index (χ4n) is 1.94. The van der Waals surface area contributed by atoms with E-state index in [0.717, 1.165) is 6.42 Å². The summed E-state index contributed by atoms with van der Waals surface area (Å²) in [5.74, 6) is -1.90. The van der Waals surface area contributed by atoms with Crippen molar-refractivity contribution >= 4 is 11.9 Å². The summed E-state index contributed by atoms with van der Waals surface area (Å²) >= 11 is 0. The van der Waals surface area contributed by atoms with Gasteiger partial charge in [0.05, 0.1) is 0 Å². The minimum Gasteiger partial charge on any atom is -0.480 e. The van der Waals surface area contributed by atoms with Gasteiger partial charge in [-0.15, -0.1) is 0 Å². The van der Waals surface area contributed by atoms with Crippen LogP contribution in [-0.4, -0.2) is 52.3 Å². The summed E-state index contributed by atoms with van der Waals surface area (Å²) < 4.78 is 0. The average Bonchev–Trinajstić information content (AvgIpc) is 2.71. The largest absolute Gasteiger partial charge is 0.480 e. The second kappa shape index (κ2) is 6.53. The van der Waals surface area contributed by atoms with E-state index in [0.29, 0.717) is 32.4 Å². The normalized spacial score (nSPS) is 22.5. The summed E-state index contributed by atoms with van der Waals surface area (Å²) in [7, 11) is 0. The van der Waals surface area contributed by atoms with E-state index in [-0.39, 0.29) is 0 Å². The number of nitrogens with one attached hydrogen (secondary N) is 1. The summed E-state index contributed by atoms with van der Waals surface area (Å²) in [6.45, 7) is 0.983. The van der Waals surface area contributed by atoms with Crippen LogP contribution in [0.25, 0.3) is 0 Å². The van der Waals surface area contributed by atoms with Crippen molar-refractivity contribution in [3.8, 4) is 0 Å². The lowest BCUT2D eigenvalue weighted by molar-refractivity contribution is -0.147. The first kappa shape index (κ1) is 13.9. The summed E-state index contributed by atoms with van der Waals surface area (Å²) in [4.78, 5) is 21.9. The number of carbonyl (C=O) groups is 2. The highest BCUT2D eigenvalue weighted by Gasteiger charge is 2.33. The lowest BCUT2D eigenvalue weighted by Gasteiger charge is -2.26. The molecule has 7 heteroatoms. The maximum atomic E-state index is 11.0. The molecule has 0 bridgehead atoms. The number of carboxylic acids is 2. The molecule has 1 aliphatic heterocycles. The number of carboxylic acid groups (broad SMARTS) is 2. The van der Waals surface area contributed by atoms with E-state index in [2.05, 4.69) is 5.43 Å². The molecule has 0 aromatic heterocycles. The van der Waals surface area contributed by atoms with Crippen molar-refractivity contribution in [2.75, 3.05) is 13.1 Å². The summed E-state index contributed by atoms with van der Waals surface area (Å²) in [6.07, 6.45) is 2.29. The molecule has 7 nitrogen and oxygen atoms in total. The lowest BCUT2D eigenvalue weighted by atomic mass is 10.1. The molecule has 1 aliphatic rings. The van der Waals surface area contributed by atoms with E-state index in [1.165, 1.54) is 5.01 Å². The highest BCUT2D eigenvalue weighted by Crippen LogP contribution is 2.15. The Labute approximate surface area is 99.5 Å². The van der Waals surface area contributed by atoms with Crippen LogP contribution in [0.2, 0.25) is 0 Å². The van der Waals surface area contributed by atoms with Gasteiger partial charge in [-0.05, 0) is 32.2 Å². The van der Waals surface area contributed by atoms with Crippen molar-refractivity contribution < 1.29 is 19.8 Å². The van der Waals surface area contributed by atoms with Crippen molar-refractivity contribution in [1.82, 2.24) is 10.4 Å². The number of hydrazine groups is 1. The average molecular weight is 245 g/mol. The first-order chi connectivity index (χ1) is 8.06. The van der Waals surface area contributed by atoms with Gasteiger partial charge in [-0.25, -0.2) is 10.4 Å². The Morgan fingerprint density at radius 2 is 2.18 bits per heavy atom. The number of hydrogen-bond donors (Lipinski definition) is 4. The van der Waals surface area contributed by atoms with Gasteiger partial charge in [0.2, 0.25) is 0 Å². The van der Waals surface area contributed by atoms with Gasteiger partial charge in [0, 0.05) is 6.54 Å². The molecule has 0 spiro atoms. The summed E-state index contributed by atoms with van der Waals surface area (Å²) in [6, 6.07) is -1.40. The van der Waals surface area contributed by atoms with E-state index in [4.69, 9.17) is 15.9 Å². The van der Waals surface area contributed by atoms with Gasteiger partial charge in [0.15, 0.2) is 0 Å². The van der Waals surface area contributed by atoms with E-state index in [9.17, 15) is 9.59 Å². The van der Waals surface area contributed by atoms with Crippen LogP contribution in [-0.2, 0) is 9.59 Å². The van der Waals surface area contributed by atoms with Crippen molar-refractivity contribution in [3.05, 3.63) is 0 Å². The Bertz CT molecular complexity index is 285. The van der Waals surface area contributed by atoms with Crippen molar-refractivity contribution in [2.45, 2.75) is 37.8 Å². The molecule has 1 saturated heterocycles. The molecule has 17 heavy (non-hydrogen) atoms. The van der Waals surface area contributed by atoms with Crippen LogP contribution >= 0.6 is 0 Å². The molecule has 0 amide bonds. The quantitative estimate of drug-likeness (QED) is 0.465. The van der Waals surface area contributed by atoms with E-state index in [1.807, 2.05) is 0 Å². The van der Waals surface area contributed by atoms with Gasteiger partial charge in [-0.3, -0.25) is 9.59 Å². The second-order valence-corrected chi connectivity index (χ2v) is 4.14. The SMILES string of the molecule is NCCC[C@H](NN1CCC[C@H]1C(=O)O)C(=O)O. The lowest BCUT2D eigenvalue weighted by Crippen LogP contribution is -2.52. The minimum absolute atomic E-state index is 0.397. The van der Waals surface area contributed by atoms with Gasteiger partial charge in [0.25, 0.3) is 0 Å². The zero-order valence-corrected chi connectivity index (χ0v) is 9.63. The Balaban J connectivity index is 2.53. The molecule has 1 rings (SSSR count). The first-order valence-electron chi connectivity index (χ1n) is 5.74. The number of nitrogens with zero attached hydrogens (tertiary/aromatic N) is 1. The van der Waals surface area contributed by atoms with Crippen molar-refractivity contribution in [1.29, 1.82) is 0 Å². The molecule has 1 heterocycles. The minimum atomic E-state index is -0.977. The summed E-state index contributed by atoms with van der Waals surface area (Å²) in [5, 5.41) is 19.5. The van der Waals surface area contributed by atoms with Gasteiger partial charge in [-0.2, -0.15) is 0 Å². The van der Waals surface area contributed by atoms with Gasteiger partial charge in [-0.1, -0.05) is 0 Å². The molecular formula is C10H19N3O4. The standard InChI is InChI=1S/C10H19N3O4/c11-5-1-3-7(9(14)15)12-13-6-2-4-8(13)10(16)17/h7-8,12H,1-6,11H2,(H,14,15)(H,16,17)/t7-,8-/m0/s1. The third-order valence-electron chi connectivity index (χ3n) is 2.85. The van der Waals surface area contributed by atoms with E-state index >= 15 is 0 Å². The smallest absolute Gasteiger partial charge is 0.322 e. The van der Waals surface area contributed by atoms with E-state index < -0.39 is 24.0 Å². The maximum Gasteiger partial charge on any atom is 0.322 e. The Morgan fingerprint density at radius 1 is 1.47 bits per heavy atom. The van der Waals surface area contributed by atoms with Gasteiger partial charge in [0.1, 0.15) is 12.1 Å². The molecule has 98 valence electrons. The van der Waals surface area contributed by atoms with Crippen LogP contribution < -0.4 is 11.2 Å². The highest BCUT2D eigenvalue weighted by molar-refractivity contribution is 5.75.